The molecule has 3 nitrogen and oxygen atoms in total. The van der Waals surface area contributed by atoms with Gasteiger partial charge in [-0.2, -0.15) is 16.1 Å². The SMILES string of the molecule is CCC1CN(S(=O)(=O)c2ccc(Cl)c(CCl)c2)CCS1. The lowest BCUT2D eigenvalue weighted by Gasteiger charge is -2.31. The highest BCUT2D eigenvalue weighted by atomic mass is 35.5. The fourth-order valence-electron chi connectivity index (χ4n) is 2.12. The van der Waals surface area contributed by atoms with E-state index in [2.05, 4.69) is 6.92 Å². The van der Waals surface area contributed by atoms with Crippen LogP contribution in [0, 0.1) is 0 Å². The van der Waals surface area contributed by atoms with Crippen LogP contribution < -0.4 is 0 Å². The number of alkyl halides is 1. The lowest BCUT2D eigenvalue weighted by atomic mass is 10.2. The van der Waals surface area contributed by atoms with E-state index >= 15 is 0 Å². The molecule has 0 spiro atoms. The van der Waals surface area contributed by atoms with Gasteiger partial charge in [-0.15, -0.1) is 11.6 Å². The molecule has 0 radical (unpaired) electrons. The molecule has 7 heteroatoms. The van der Waals surface area contributed by atoms with Crippen LogP contribution >= 0.6 is 35.0 Å². The number of halogens is 2. The second kappa shape index (κ2) is 6.88. The fraction of sp³-hybridized carbons (Fsp3) is 0.538. The molecule has 1 heterocycles. The zero-order chi connectivity index (χ0) is 14.8. The second-order valence-electron chi connectivity index (χ2n) is 4.65. The van der Waals surface area contributed by atoms with Crippen molar-refractivity contribution in [2.24, 2.45) is 0 Å². The largest absolute Gasteiger partial charge is 0.243 e. The molecule has 1 aromatic carbocycles. The summed E-state index contributed by atoms with van der Waals surface area (Å²) in [5.41, 5.74) is 0.646. The summed E-state index contributed by atoms with van der Waals surface area (Å²) in [6, 6.07) is 4.73. The molecule has 20 heavy (non-hydrogen) atoms. The fourth-order valence-corrected chi connectivity index (χ4v) is 5.52. The maximum Gasteiger partial charge on any atom is 0.243 e. The van der Waals surface area contributed by atoms with Crippen LogP contribution in [0.2, 0.25) is 5.02 Å². The van der Waals surface area contributed by atoms with E-state index in [1.54, 1.807) is 22.5 Å². The van der Waals surface area contributed by atoms with Gasteiger partial charge >= 0.3 is 0 Å². The first-order valence-corrected chi connectivity index (χ1v) is 9.85. The number of hydrogen-bond donors (Lipinski definition) is 0. The Bertz CT molecular complexity index is 578. The van der Waals surface area contributed by atoms with Gasteiger partial charge < -0.3 is 0 Å². The van der Waals surface area contributed by atoms with Crippen molar-refractivity contribution < 1.29 is 8.42 Å². The first-order valence-electron chi connectivity index (χ1n) is 6.45. The third kappa shape index (κ3) is 3.45. The summed E-state index contributed by atoms with van der Waals surface area (Å²) in [5.74, 6) is 1.04. The number of sulfonamides is 1. The molecule has 0 bridgehead atoms. The Balaban J connectivity index is 2.30. The standard InChI is InChI=1S/C13H17Cl2NO2S2/c1-2-11-9-16(5-6-19-11)20(17,18)12-3-4-13(15)10(7-12)8-14/h3-4,7,11H,2,5-6,8-9H2,1H3. The third-order valence-corrected chi connectivity index (χ3v) is 7.25. The molecule has 1 saturated heterocycles. The number of thioether (sulfide) groups is 1. The van der Waals surface area contributed by atoms with Crippen LogP contribution in [0.4, 0.5) is 0 Å². The van der Waals surface area contributed by atoms with Gasteiger partial charge in [0.05, 0.1) is 4.90 Å². The monoisotopic (exact) mass is 353 g/mol. The van der Waals surface area contributed by atoms with Crippen molar-refractivity contribution >= 4 is 45.0 Å². The van der Waals surface area contributed by atoms with E-state index in [4.69, 9.17) is 23.2 Å². The van der Waals surface area contributed by atoms with Gasteiger partial charge in [-0.1, -0.05) is 18.5 Å². The Morgan fingerprint density at radius 1 is 1.45 bits per heavy atom. The molecule has 0 aromatic heterocycles. The van der Waals surface area contributed by atoms with Crippen molar-refractivity contribution in [3.63, 3.8) is 0 Å². The van der Waals surface area contributed by atoms with Crippen LogP contribution in [0.25, 0.3) is 0 Å². The molecule has 1 aliphatic rings. The zero-order valence-corrected chi connectivity index (χ0v) is 14.3. The van der Waals surface area contributed by atoms with Crippen LogP contribution in [0.15, 0.2) is 23.1 Å². The van der Waals surface area contributed by atoms with Crippen LogP contribution in [0.1, 0.15) is 18.9 Å². The smallest absolute Gasteiger partial charge is 0.207 e. The molecule has 112 valence electrons. The minimum Gasteiger partial charge on any atom is -0.207 e. The van der Waals surface area contributed by atoms with Gasteiger partial charge in [0.25, 0.3) is 0 Å². The Kier molecular flexibility index (Phi) is 5.65. The Labute approximate surface area is 134 Å². The van der Waals surface area contributed by atoms with E-state index in [1.165, 1.54) is 0 Å². The van der Waals surface area contributed by atoms with Gasteiger partial charge in [-0.25, -0.2) is 8.42 Å². The van der Waals surface area contributed by atoms with Crippen molar-refractivity contribution in [2.75, 3.05) is 18.8 Å². The minimum atomic E-state index is -3.45. The van der Waals surface area contributed by atoms with Crippen LogP contribution in [0.5, 0.6) is 0 Å². The molecule has 1 unspecified atom stereocenters. The molecular weight excluding hydrogens is 337 g/mol. The first-order chi connectivity index (χ1) is 9.48. The van der Waals surface area contributed by atoms with Crippen LogP contribution in [-0.2, 0) is 15.9 Å². The molecule has 1 aromatic rings. The maximum atomic E-state index is 12.7. The Hall–Kier alpha value is 0.0600. The number of hydrogen-bond acceptors (Lipinski definition) is 3. The third-order valence-electron chi connectivity index (χ3n) is 3.36. The number of rotatable bonds is 4. The van der Waals surface area contributed by atoms with Crippen molar-refractivity contribution in [1.82, 2.24) is 4.31 Å². The highest BCUT2D eigenvalue weighted by molar-refractivity contribution is 8.00. The lowest BCUT2D eigenvalue weighted by Crippen LogP contribution is -2.41. The molecule has 0 saturated carbocycles. The summed E-state index contributed by atoms with van der Waals surface area (Å²) in [4.78, 5) is 0.277. The van der Waals surface area contributed by atoms with E-state index in [0.717, 1.165) is 12.2 Å². The normalized spacial score (nSPS) is 21.1. The van der Waals surface area contributed by atoms with Gasteiger partial charge in [-0.05, 0) is 30.2 Å². The predicted molar refractivity (Wildman–Crippen MR) is 86.3 cm³/mol. The first kappa shape index (κ1) is 16.4. The maximum absolute atomic E-state index is 12.7. The molecular formula is C13H17Cl2NO2S2. The average molecular weight is 354 g/mol. The minimum absolute atomic E-state index is 0.204. The Morgan fingerprint density at radius 2 is 2.20 bits per heavy atom. The summed E-state index contributed by atoms with van der Waals surface area (Å²) in [6.07, 6.45) is 0.976. The topological polar surface area (TPSA) is 37.4 Å². The van der Waals surface area contributed by atoms with E-state index in [1.807, 2.05) is 11.8 Å². The predicted octanol–water partition coefficient (Wildman–Crippen LogP) is 3.59. The molecule has 0 amide bonds. The highest BCUT2D eigenvalue weighted by Gasteiger charge is 2.30. The summed E-state index contributed by atoms with van der Waals surface area (Å²) in [7, 11) is -3.45. The van der Waals surface area contributed by atoms with Crippen molar-refractivity contribution in [3.8, 4) is 0 Å². The summed E-state index contributed by atoms with van der Waals surface area (Å²) < 4.78 is 26.9. The molecule has 0 aliphatic carbocycles. The van der Waals surface area contributed by atoms with E-state index < -0.39 is 10.0 Å². The van der Waals surface area contributed by atoms with Crippen LogP contribution in [0.3, 0.4) is 0 Å². The summed E-state index contributed by atoms with van der Waals surface area (Å²) in [5, 5.41) is 0.873. The van der Waals surface area contributed by atoms with Gasteiger partial charge in [0.2, 0.25) is 10.0 Å². The van der Waals surface area contributed by atoms with Crippen molar-refractivity contribution in [1.29, 1.82) is 0 Å². The molecule has 2 rings (SSSR count). The van der Waals surface area contributed by atoms with E-state index in [9.17, 15) is 8.42 Å². The molecule has 1 aliphatic heterocycles. The zero-order valence-electron chi connectivity index (χ0n) is 11.2. The van der Waals surface area contributed by atoms with E-state index in [-0.39, 0.29) is 10.8 Å². The number of benzene rings is 1. The lowest BCUT2D eigenvalue weighted by molar-refractivity contribution is 0.416. The summed E-state index contributed by atoms with van der Waals surface area (Å²) in [6.45, 7) is 3.21. The number of nitrogens with zero attached hydrogens (tertiary/aromatic N) is 1. The average Bonchev–Trinajstić information content (AvgIpc) is 2.47. The van der Waals surface area contributed by atoms with Gasteiger partial charge in [-0.3, -0.25) is 0 Å². The Morgan fingerprint density at radius 3 is 2.85 bits per heavy atom. The molecule has 1 atom stereocenters. The van der Waals surface area contributed by atoms with E-state index in [0.29, 0.717) is 28.9 Å². The van der Waals surface area contributed by atoms with Gasteiger partial charge in [0.15, 0.2) is 0 Å². The molecule has 1 fully saturated rings. The summed E-state index contributed by atoms with van der Waals surface area (Å²) >= 11 is 13.6. The van der Waals surface area contributed by atoms with Crippen molar-refractivity contribution in [2.45, 2.75) is 29.4 Å². The van der Waals surface area contributed by atoms with Gasteiger partial charge in [0.1, 0.15) is 0 Å². The van der Waals surface area contributed by atoms with Gasteiger partial charge in [0, 0.05) is 35.0 Å². The second-order valence-corrected chi connectivity index (χ2v) is 8.67. The molecule has 0 N–H and O–H groups in total. The van der Waals surface area contributed by atoms with Crippen molar-refractivity contribution in [3.05, 3.63) is 28.8 Å². The highest BCUT2D eigenvalue weighted by Crippen LogP contribution is 2.28. The van der Waals surface area contributed by atoms with Crippen LogP contribution in [-0.4, -0.2) is 36.8 Å². The quantitative estimate of drug-likeness (QED) is 0.776.